The Balaban J connectivity index is 3.30. The molecule has 1 amide bonds. The highest BCUT2D eigenvalue weighted by Crippen LogP contribution is 2.27. The molecule has 2 N–H and O–H groups in total. The number of hydrogen-bond donors (Lipinski definition) is 2. The molecule has 0 saturated carbocycles. The van der Waals surface area contributed by atoms with Gasteiger partial charge in [-0.15, -0.1) is 0 Å². The fourth-order valence-electron chi connectivity index (χ4n) is 1.58. The topological polar surface area (TPSA) is 77.8 Å². The van der Waals surface area contributed by atoms with Gasteiger partial charge < -0.3 is 15.1 Å². The first kappa shape index (κ1) is 13.0. The molecule has 1 aromatic rings. The molecule has 5 nitrogen and oxygen atoms in total. The van der Waals surface area contributed by atoms with Gasteiger partial charge in [-0.1, -0.05) is 12.1 Å². The van der Waals surface area contributed by atoms with Gasteiger partial charge in [-0.3, -0.25) is 9.59 Å². The van der Waals surface area contributed by atoms with E-state index in [1.165, 1.54) is 50.2 Å². The van der Waals surface area contributed by atoms with Crippen LogP contribution < -0.4 is 0 Å². The molecule has 0 aliphatic carbocycles. The zero-order valence-corrected chi connectivity index (χ0v) is 9.97. The third-order valence-electron chi connectivity index (χ3n) is 2.71. The van der Waals surface area contributed by atoms with E-state index in [9.17, 15) is 14.7 Å². The number of phenols is 1. The van der Waals surface area contributed by atoms with Gasteiger partial charge in [0.1, 0.15) is 5.75 Å². The van der Waals surface area contributed by atoms with Crippen LogP contribution in [0.3, 0.4) is 0 Å². The fraction of sp³-hybridized carbons (Fsp3) is 0.333. The summed E-state index contributed by atoms with van der Waals surface area (Å²) in [6.07, 6.45) is 0. The summed E-state index contributed by atoms with van der Waals surface area (Å²) in [6, 6.07) is 5.59. The van der Waals surface area contributed by atoms with E-state index in [-0.39, 0.29) is 5.75 Å². The number of rotatable bonds is 3. The Morgan fingerprint density at radius 2 is 1.65 bits per heavy atom. The van der Waals surface area contributed by atoms with Crippen molar-refractivity contribution in [2.45, 2.75) is 12.3 Å². The van der Waals surface area contributed by atoms with Crippen LogP contribution in [-0.2, 0) is 15.0 Å². The lowest BCUT2D eigenvalue weighted by Crippen LogP contribution is -2.47. The predicted octanol–water partition coefficient (Wildman–Crippen LogP) is 0.823. The lowest BCUT2D eigenvalue weighted by molar-refractivity contribution is -0.152. The minimum atomic E-state index is -1.64. The molecule has 1 aromatic carbocycles. The molecular weight excluding hydrogens is 222 g/mol. The van der Waals surface area contributed by atoms with Gasteiger partial charge >= 0.3 is 5.97 Å². The first-order chi connectivity index (χ1) is 7.80. The second-order valence-electron chi connectivity index (χ2n) is 4.18. The molecule has 0 fully saturated rings. The van der Waals surface area contributed by atoms with Crippen LogP contribution in [0.1, 0.15) is 12.5 Å². The van der Waals surface area contributed by atoms with Crippen LogP contribution >= 0.6 is 0 Å². The number of carboxylic acid groups (broad SMARTS) is 1. The Bertz CT molecular complexity index is 438. The summed E-state index contributed by atoms with van der Waals surface area (Å²) in [7, 11) is 3.01. The second kappa shape index (κ2) is 4.45. The molecule has 0 aromatic heterocycles. The van der Waals surface area contributed by atoms with Gasteiger partial charge in [0, 0.05) is 14.1 Å². The third kappa shape index (κ3) is 2.22. The molecule has 92 valence electrons. The van der Waals surface area contributed by atoms with Crippen LogP contribution in [0.2, 0.25) is 0 Å². The number of likely N-dealkylation sites (N-methyl/N-ethyl adjacent to an activating group) is 1. The molecule has 1 atom stereocenters. The second-order valence-corrected chi connectivity index (χ2v) is 4.18. The molecule has 17 heavy (non-hydrogen) atoms. The number of phenolic OH excluding ortho intramolecular Hbond substituents is 1. The number of aromatic hydroxyl groups is 1. The highest BCUT2D eigenvalue weighted by molar-refractivity contribution is 6.07. The van der Waals surface area contributed by atoms with Crippen molar-refractivity contribution in [1.29, 1.82) is 0 Å². The van der Waals surface area contributed by atoms with Crippen LogP contribution in [0.25, 0.3) is 0 Å². The molecule has 0 aliphatic rings. The maximum Gasteiger partial charge on any atom is 0.323 e. The van der Waals surface area contributed by atoms with E-state index in [1.54, 1.807) is 0 Å². The molecule has 0 aliphatic heterocycles. The van der Waals surface area contributed by atoms with E-state index in [2.05, 4.69) is 0 Å². The highest BCUT2D eigenvalue weighted by Gasteiger charge is 2.44. The third-order valence-corrected chi connectivity index (χ3v) is 2.71. The molecule has 0 heterocycles. The van der Waals surface area contributed by atoms with Crippen molar-refractivity contribution >= 4 is 11.9 Å². The van der Waals surface area contributed by atoms with Crippen molar-refractivity contribution in [2.24, 2.45) is 0 Å². The number of benzene rings is 1. The van der Waals surface area contributed by atoms with Gasteiger partial charge in [0.25, 0.3) is 0 Å². The first-order valence-corrected chi connectivity index (χ1v) is 5.04. The van der Waals surface area contributed by atoms with Crippen molar-refractivity contribution in [2.75, 3.05) is 14.1 Å². The van der Waals surface area contributed by atoms with Crippen molar-refractivity contribution in [3.05, 3.63) is 29.8 Å². The zero-order chi connectivity index (χ0) is 13.2. The molecule has 5 heteroatoms. The molecule has 0 bridgehead atoms. The summed E-state index contributed by atoms with van der Waals surface area (Å²) in [6.45, 7) is 1.35. The Labute approximate surface area is 99.3 Å². The summed E-state index contributed by atoms with van der Waals surface area (Å²) >= 11 is 0. The van der Waals surface area contributed by atoms with Crippen molar-refractivity contribution in [1.82, 2.24) is 4.90 Å². The van der Waals surface area contributed by atoms with E-state index in [0.717, 1.165) is 0 Å². The lowest BCUT2D eigenvalue weighted by Gasteiger charge is -2.27. The summed E-state index contributed by atoms with van der Waals surface area (Å²) in [4.78, 5) is 24.6. The Morgan fingerprint density at radius 1 is 1.18 bits per heavy atom. The Hall–Kier alpha value is -2.04. The monoisotopic (exact) mass is 237 g/mol. The Morgan fingerprint density at radius 3 is 2.00 bits per heavy atom. The van der Waals surface area contributed by atoms with Crippen LogP contribution in [0.5, 0.6) is 5.75 Å². The minimum Gasteiger partial charge on any atom is -0.508 e. The molecule has 1 rings (SSSR count). The number of carbonyl (C=O) groups is 2. The normalized spacial score (nSPS) is 13.8. The number of carbonyl (C=O) groups excluding carboxylic acids is 1. The lowest BCUT2D eigenvalue weighted by atomic mass is 9.81. The van der Waals surface area contributed by atoms with Crippen molar-refractivity contribution in [3.63, 3.8) is 0 Å². The number of amides is 1. The summed E-state index contributed by atoms with van der Waals surface area (Å²) in [5, 5.41) is 18.4. The van der Waals surface area contributed by atoms with Crippen LogP contribution in [0, 0.1) is 0 Å². The summed E-state index contributed by atoms with van der Waals surface area (Å²) in [5.41, 5.74) is -1.31. The smallest absolute Gasteiger partial charge is 0.323 e. The van der Waals surface area contributed by atoms with Gasteiger partial charge in [0.05, 0.1) is 0 Å². The average molecular weight is 237 g/mol. The van der Waals surface area contributed by atoms with Gasteiger partial charge in [-0.2, -0.15) is 0 Å². The van der Waals surface area contributed by atoms with E-state index >= 15 is 0 Å². The number of aliphatic carboxylic acids is 1. The van der Waals surface area contributed by atoms with Gasteiger partial charge in [-0.25, -0.2) is 0 Å². The fourth-order valence-corrected chi connectivity index (χ4v) is 1.58. The van der Waals surface area contributed by atoms with Crippen molar-refractivity contribution in [3.8, 4) is 5.75 Å². The van der Waals surface area contributed by atoms with E-state index in [1.807, 2.05) is 0 Å². The first-order valence-electron chi connectivity index (χ1n) is 5.04. The highest BCUT2D eigenvalue weighted by atomic mass is 16.4. The molecule has 0 radical (unpaired) electrons. The number of carboxylic acids is 1. The van der Waals surface area contributed by atoms with E-state index in [0.29, 0.717) is 5.56 Å². The minimum absolute atomic E-state index is 0.0267. The quantitative estimate of drug-likeness (QED) is 0.763. The Kier molecular flexibility index (Phi) is 3.41. The van der Waals surface area contributed by atoms with Crippen LogP contribution in [0.15, 0.2) is 24.3 Å². The maximum atomic E-state index is 12.0. The van der Waals surface area contributed by atoms with Crippen LogP contribution in [-0.4, -0.2) is 41.1 Å². The summed E-state index contributed by atoms with van der Waals surface area (Å²) < 4.78 is 0. The predicted molar refractivity (Wildman–Crippen MR) is 61.8 cm³/mol. The molecular formula is C12H15NO4. The molecule has 1 unspecified atom stereocenters. The standard InChI is InChI=1S/C12H15NO4/c1-12(11(16)17,10(15)13(2)3)8-4-6-9(14)7-5-8/h4-7,14H,1-3H3,(H,16,17). The van der Waals surface area contributed by atoms with E-state index < -0.39 is 17.3 Å². The number of nitrogens with zero attached hydrogens (tertiary/aromatic N) is 1. The van der Waals surface area contributed by atoms with Gasteiger partial charge in [-0.05, 0) is 24.6 Å². The van der Waals surface area contributed by atoms with Gasteiger partial charge in [0.15, 0.2) is 5.41 Å². The summed E-state index contributed by atoms with van der Waals surface area (Å²) in [5.74, 6) is -1.71. The SMILES string of the molecule is CN(C)C(=O)C(C)(C(=O)O)c1ccc(O)cc1. The molecule has 0 spiro atoms. The molecule has 0 saturated heterocycles. The van der Waals surface area contributed by atoms with Crippen LogP contribution in [0.4, 0.5) is 0 Å². The largest absolute Gasteiger partial charge is 0.508 e. The average Bonchev–Trinajstić information content (AvgIpc) is 2.27. The van der Waals surface area contributed by atoms with Gasteiger partial charge in [0.2, 0.25) is 5.91 Å². The van der Waals surface area contributed by atoms with Crippen molar-refractivity contribution < 1.29 is 19.8 Å². The number of hydrogen-bond acceptors (Lipinski definition) is 3. The maximum absolute atomic E-state index is 12.0. The van der Waals surface area contributed by atoms with E-state index in [4.69, 9.17) is 5.11 Å². The zero-order valence-electron chi connectivity index (χ0n) is 9.97.